The maximum Gasteiger partial charge on any atom is 0.261 e. The molecule has 154 valence electrons. The molecule has 3 aromatic rings. The first-order valence-corrected chi connectivity index (χ1v) is 10.5. The van der Waals surface area contributed by atoms with Crippen molar-refractivity contribution < 1.29 is 9.18 Å². The topological polar surface area (TPSA) is 78.0 Å². The van der Waals surface area contributed by atoms with Crippen LogP contribution in [0.4, 0.5) is 4.39 Å². The number of carbonyl (C=O) groups excluding carboxylic acids is 1. The molecule has 1 amide bonds. The standard InChI is InChI=1S/C24H24FN3O2/c1-2-15(16-5-3-4-6-17(16)23(26)29)22-18-10-14(11-19(18)22)28-12-27-21-8-7-13(25)9-20(21)24(28)30/h3-9,12,14-15,18-19,22H,2,10-11H2,1H3,(H2,26,29)/t14?,15-,18+,19+,22?/m1/s1. The minimum atomic E-state index is -0.424. The van der Waals surface area contributed by atoms with Gasteiger partial charge in [-0.2, -0.15) is 0 Å². The van der Waals surface area contributed by atoms with Crippen LogP contribution in [0.3, 0.4) is 0 Å². The molecule has 0 saturated heterocycles. The average Bonchev–Trinajstić information content (AvgIpc) is 3.21. The first-order chi connectivity index (χ1) is 14.5. The van der Waals surface area contributed by atoms with Crippen molar-refractivity contribution >= 4 is 16.8 Å². The lowest BCUT2D eigenvalue weighted by atomic mass is 9.84. The Balaban J connectivity index is 1.39. The maximum atomic E-state index is 13.6. The molecule has 5 nitrogen and oxygen atoms in total. The number of primary amides is 1. The molecule has 2 N–H and O–H groups in total. The molecule has 2 fully saturated rings. The Morgan fingerprint density at radius 3 is 2.67 bits per heavy atom. The fourth-order valence-electron chi connectivity index (χ4n) is 5.80. The Hall–Kier alpha value is -3.02. The third-order valence-corrected chi connectivity index (χ3v) is 7.15. The predicted molar refractivity (Wildman–Crippen MR) is 113 cm³/mol. The van der Waals surface area contributed by atoms with Crippen LogP contribution < -0.4 is 11.3 Å². The van der Waals surface area contributed by atoms with Gasteiger partial charge in [-0.05, 0) is 72.8 Å². The second-order valence-electron chi connectivity index (χ2n) is 8.61. The summed E-state index contributed by atoms with van der Waals surface area (Å²) in [6.45, 7) is 2.15. The van der Waals surface area contributed by atoms with Crippen LogP contribution in [0.25, 0.3) is 10.9 Å². The van der Waals surface area contributed by atoms with Crippen molar-refractivity contribution in [2.45, 2.75) is 38.1 Å². The van der Waals surface area contributed by atoms with Gasteiger partial charge in [0.15, 0.2) is 0 Å². The smallest absolute Gasteiger partial charge is 0.261 e. The van der Waals surface area contributed by atoms with E-state index in [0.29, 0.717) is 40.1 Å². The fraction of sp³-hybridized carbons (Fsp3) is 0.375. The fourth-order valence-corrected chi connectivity index (χ4v) is 5.80. The maximum absolute atomic E-state index is 13.6. The van der Waals surface area contributed by atoms with Gasteiger partial charge in [-0.15, -0.1) is 0 Å². The second-order valence-corrected chi connectivity index (χ2v) is 8.61. The molecule has 2 aliphatic carbocycles. The normalized spacial score (nSPS) is 24.0. The molecule has 0 bridgehead atoms. The number of rotatable bonds is 5. The SMILES string of the molecule is CC[C@H](c1ccccc1C(N)=O)C1[C@H]2CC(n3cnc4ccc(F)cc4c3=O)C[C@H]12. The van der Waals surface area contributed by atoms with Crippen LogP contribution in [0.2, 0.25) is 0 Å². The highest BCUT2D eigenvalue weighted by Gasteiger charge is 2.59. The van der Waals surface area contributed by atoms with Gasteiger partial charge in [0.2, 0.25) is 5.91 Å². The van der Waals surface area contributed by atoms with E-state index in [0.717, 1.165) is 24.8 Å². The molecule has 3 atom stereocenters. The van der Waals surface area contributed by atoms with Gasteiger partial charge < -0.3 is 5.73 Å². The molecule has 2 aliphatic rings. The van der Waals surface area contributed by atoms with Crippen LogP contribution in [-0.2, 0) is 0 Å². The van der Waals surface area contributed by atoms with E-state index in [4.69, 9.17) is 5.73 Å². The summed E-state index contributed by atoms with van der Waals surface area (Å²) < 4.78 is 15.3. The van der Waals surface area contributed by atoms with E-state index in [-0.39, 0.29) is 17.5 Å². The Morgan fingerprint density at radius 2 is 1.97 bits per heavy atom. The Bertz CT molecular complexity index is 1190. The van der Waals surface area contributed by atoms with Crippen LogP contribution in [0.1, 0.15) is 54.1 Å². The number of fused-ring (bicyclic) bond motifs is 2. The lowest BCUT2D eigenvalue weighted by Gasteiger charge is -2.23. The number of halogens is 1. The number of hydrogen-bond donors (Lipinski definition) is 1. The van der Waals surface area contributed by atoms with E-state index in [9.17, 15) is 14.0 Å². The molecule has 5 rings (SSSR count). The molecule has 30 heavy (non-hydrogen) atoms. The summed E-state index contributed by atoms with van der Waals surface area (Å²) in [5.41, 5.74) is 7.61. The molecule has 0 radical (unpaired) electrons. The summed E-state index contributed by atoms with van der Waals surface area (Å²) in [6, 6.07) is 11.9. The van der Waals surface area contributed by atoms with Crippen molar-refractivity contribution in [2.75, 3.05) is 0 Å². The highest BCUT2D eigenvalue weighted by atomic mass is 19.1. The van der Waals surface area contributed by atoms with Crippen LogP contribution in [0.5, 0.6) is 0 Å². The van der Waals surface area contributed by atoms with Gasteiger partial charge in [0, 0.05) is 11.6 Å². The van der Waals surface area contributed by atoms with E-state index in [1.165, 1.54) is 12.1 Å². The number of nitrogens with zero attached hydrogens (tertiary/aromatic N) is 2. The van der Waals surface area contributed by atoms with Crippen molar-refractivity contribution in [1.82, 2.24) is 9.55 Å². The van der Waals surface area contributed by atoms with Crippen molar-refractivity contribution in [3.63, 3.8) is 0 Å². The molecule has 0 spiro atoms. The van der Waals surface area contributed by atoms with Crippen molar-refractivity contribution in [3.05, 3.63) is 76.1 Å². The number of hydrogen-bond acceptors (Lipinski definition) is 3. The zero-order chi connectivity index (χ0) is 21.0. The Kier molecular flexibility index (Phi) is 4.45. The Morgan fingerprint density at radius 1 is 1.23 bits per heavy atom. The molecule has 0 aliphatic heterocycles. The second kappa shape index (κ2) is 7.04. The predicted octanol–water partition coefficient (Wildman–Crippen LogP) is 4.03. The Labute approximate surface area is 173 Å². The van der Waals surface area contributed by atoms with Gasteiger partial charge in [-0.3, -0.25) is 14.2 Å². The van der Waals surface area contributed by atoms with Crippen molar-refractivity contribution in [2.24, 2.45) is 23.5 Å². The van der Waals surface area contributed by atoms with Gasteiger partial charge in [-0.25, -0.2) is 9.37 Å². The van der Waals surface area contributed by atoms with Crippen LogP contribution in [0, 0.1) is 23.6 Å². The summed E-state index contributed by atoms with van der Waals surface area (Å²) in [5, 5.41) is 0.330. The van der Waals surface area contributed by atoms with Gasteiger partial charge in [0.05, 0.1) is 17.2 Å². The van der Waals surface area contributed by atoms with Crippen LogP contribution in [0.15, 0.2) is 53.6 Å². The zero-order valence-corrected chi connectivity index (χ0v) is 16.8. The summed E-state index contributed by atoms with van der Waals surface area (Å²) in [4.78, 5) is 29.2. The van der Waals surface area contributed by atoms with E-state index < -0.39 is 5.82 Å². The first kappa shape index (κ1) is 19.0. The van der Waals surface area contributed by atoms with Crippen LogP contribution >= 0.6 is 0 Å². The first-order valence-electron chi connectivity index (χ1n) is 10.5. The highest BCUT2D eigenvalue weighted by Crippen LogP contribution is 2.66. The van der Waals surface area contributed by atoms with E-state index in [1.807, 2.05) is 18.2 Å². The van der Waals surface area contributed by atoms with Crippen LogP contribution in [-0.4, -0.2) is 15.5 Å². The number of carbonyl (C=O) groups is 1. The molecule has 2 saturated carbocycles. The minimum Gasteiger partial charge on any atom is -0.366 e. The quantitative estimate of drug-likeness (QED) is 0.696. The van der Waals surface area contributed by atoms with Gasteiger partial charge in [0.25, 0.3) is 5.56 Å². The molecule has 1 heterocycles. The molecular weight excluding hydrogens is 381 g/mol. The number of nitrogens with two attached hydrogens (primary N) is 1. The van der Waals surface area contributed by atoms with E-state index in [1.54, 1.807) is 23.0 Å². The summed E-state index contributed by atoms with van der Waals surface area (Å²) in [6.07, 6.45) is 4.37. The van der Waals surface area contributed by atoms with Crippen molar-refractivity contribution in [3.8, 4) is 0 Å². The average molecular weight is 405 g/mol. The number of aromatic nitrogens is 2. The van der Waals surface area contributed by atoms with Gasteiger partial charge >= 0.3 is 0 Å². The summed E-state index contributed by atoms with van der Waals surface area (Å²) in [5.74, 6) is 1.05. The van der Waals surface area contributed by atoms with Gasteiger partial charge in [-0.1, -0.05) is 25.1 Å². The molecular formula is C24H24FN3O2. The largest absolute Gasteiger partial charge is 0.366 e. The summed E-state index contributed by atoms with van der Waals surface area (Å²) >= 11 is 0. The highest BCUT2D eigenvalue weighted by molar-refractivity contribution is 5.94. The van der Waals surface area contributed by atoms with E-state index in [2.05, 4.69) is 11.9 Å². The number of amides is 1. The monoisotopic (exact) mass is 405 g/mol. The van der Waals surface area contributed by atoms with E-state index >= 15 is 0 Å². The third kappa shape index (κ3) is 2.93. The lowest BCUT2D eigenvalue weighted by molar-refractivity contribution is 0.0998. The summed E-state index contributed by atoms with van der Waals surface area (Å²) in [7, 11) is 0. The molecule has 0 unspecified atom stereocenters. The zero-order valence-electron chi connectivity index (χ0n) is 16.8. The van der Waals surface area contributed by atoms with Crippen molar-refractivity contribution in [1.29, 1.82) is 0 Å². The minimum absolute atomic E-state index is 0.0906. The number of benzene rings is 2. The van der Waals surface area contributed by atoms with Gasteiger partial charge in [0.1, 0.15) is 5.82 Å². The molecule has 2 aromatic carbocycles. The molecule has 6 heteroatoms. The molecule has 1 aromatic heterocycles. The third-order valence-electron chi connectivity index (χ3n) is 7.15. The lowest BCUT2D eigenvalue weighted by Crippen LogP contribution is -2.25.